The van der Waals surface area contributed by atoms with Crippen molar-refractivity contribution in [2.75, 3.05) is 0 Å². The Morgan fingerprint density at radius 2 is 1.84 bits per heavy atom. The molecule has 0 spiro atoms. The van der Waals surface area contributed by atoms with Gasteiger partial charge in [0, 0.05) is 25.0 Å². The predicted molar refractivity (Wildman–Crippen MR) is 73.5 cm³/mol. The normalized spacial score (nSPS) is 11.4. The largest absolute Gasteiger partial charge is 0.488 e. The Labute approximate surface area is 113 Å². The highest BCUT2D eigenvalue weighted by Crippen LogP contribution is 2.19. The van der Waals surface area contributed by atoms with Crippen molar-refractivity contribution in [3.8, 4) is 5.75 Å². The van der Waals surface area contributed by atoms with Gasteiger partial charge in [0.05, 0.1) is 0 Å². The number of ketones is 1. The number of rotatable bonds is 3. The van der Waals surface area contributed by atoms with Gasteiger partial charge in [-0.2, -0.15) is 0 Å². The molecule has 0 unspecified atom stereocenters. The second kappa shape index (κ2) is 4.88. The number of imidazole rings is 1. The van der Waals surface area contributed by atoms with E-state index in [4.69, 9.17) is 4.74 Å². The highest BCUT2D eigenvalue weighted by molar-refractivity contribution is 6.06. The lowest BCUT2D eigenvalue weighted by atomic mass is 10.1. The van der Waals surface area contributed by atoms with Crippen LogP contribution in [-0.4, -0.2) is 20.9 Å². The van der Waals surface area contributed by atoms with Gasteiger partial charge in [0.25, 0.3) is 0 Å². The van der Waals surface area contributed by atoms with Crippen molar-refractivity contribution in [3.05, 3.63) is 48.0 Å². The molecule has 0 saturated carbocycles. The van der Waals surface area contributed by atoms with Gasteiger partial charge in [0.2, 0.25) is 5.78 Å². The van der Waals surface area contributed by atoms with E-state index in [1.165, 1.54) is 0 Å². The van der Waals surface area contributed by atoms with Crippen LogP contribution < -0.4 is 4.74 Å². The molecule has 1 aromatic carbocycles. The van der Waals surface area contributed by atoms with Crippen LogP contribution in [0.3, 0.4) is 0 Å². The van der Waals surface area contributed by atoms with E-state index in [0.717, 1.165) is 5.75 Å². The number of nitrogens with zero attached hydrogens (tertiary/aromatic N) is 2. The van der Waals surface area contributed by atoms with Gasteiger partial charge >= 0.3 is 0 Å². The van der Waals surface area contributed by atoms with Crippen LogP contribution in [0.15, 0.2) is 36.7 Å². The molecule has 2 rings (SSSR count). The average Bonchev–Trinajstić information content (AvgIpc) is 2.73. The van der Waals surface area contributed by atoms with Crippen molar-refractivity contribution in [1.82, 2.24) is 9.55 Å². The summed E-state index contributed by atoms with van der Waals surface area (Å²) in [6.45, 7) is 5.96. The average molecular weight is 258 g/mol. The summed E-state index contributed by atoms with van der Waals surface area (Å²) in [5.74, 6) is 1.10. The number of ether oxygens (including phenoxy) is 1. The fourth-order valence-electron chi connectivity index (χ4n) is 1.74. The van der Waals surface area contributed by atoms with Crippen molar-refractivity contribution >= 4 is 5.78 Å². The minimum Gasteiger partial charge on any atom is -0.488 e. The molecule has 0 fully saturated rings. The molecule has 19 heavy (non-hydrogen) atoms. The lowest BCUT2D eigenvalue weighted by Gasteiger charge is -2.21. The maximum absolute atomic E-state index is 12.2. The van der Waals surface area contributed by atoms with Gasteiger partial charge in [-0.25, -0.2) is 4.98 Å². The molecule has 0 radical (unpaired) electrons. The van der Waals surface area contributed by atoms with Crippen molar-refractivity contribution in [3.63, 3.8) is 0 Å². The fourth-order valence-corrected chi connectivity index (χ4v) is 1.74. The van der Waals surface area contributed by atoms with Gasteiger partial charge in [-0.05, 0) is 45.0 Å². The molecular weight excluding hydrogens is 240 g/mol. The van der Waals surface area contributed by atoms with Crippen molar-refractivity contribution in [1.29, 1.82) is 0 Å². The van der Waals surface area contributed by atoms with Gasteiger partial charge in [-0.3, -0.25) is 4.79 Å². The molecule has 4 heteroatoms. The van der Waals surface area contributed by atoms with Crippen molar-refractivity contribution in [2.24, 2.45) is 7.05 Å². The summed E-state index contributed by atoms with van der Waals surface area (Å²) in [7, 11) is 1.80. The van der Waals surface area contributed by atoms with Crippen LogP contribution >= 0.6 is 0 Å². The molecule has 0 atom stereocenters. The zero-order chi connectivity index (χ0) is 14.0. The summed E-state index contributed by atoms with van der Waals surface area (Å²) in [6.07, 6.45) is 3.37. The molecule has 0 aliphatic heterocycles. The molecule has 1 aromatic heterocycles. The van der Waals surface area contributed by atoms with Gasteiger partial charge in [0.15, 0.2) is 5.82 Å². The fraction of sp³-hybridized carbons (Fsp3) is 0.333. The van der Waals surface area contributed by atoms with E-state index in [1.807, 2.05) is 20.8 Å². The number of carbonyl (C=O) groups excluding carboxylic acids is 1. The van der Waals surface area contributed by atoms with E-state index in [-0.39, 0.29) is 11.4 Å². The maximum Gasteiger partial charge on any atom is 0.228 e. The smallest absolute Gasteiger partial charge is 0.228 e. The minimum absolute atomic E-state index is 0.0881. The van der Waals surface area contributed by atoms with E-state index in [9.17, 15) is 4.79 Å². The first-order valence-electron chi connectivity index (χ1n) is 6.18. The monoisotopic (exact) mass is 258 g/mol. The highest BCUT2D eigenvalue weighted by Gasteiger charge is 2.15. The lowest BCUT2D eigenvalue weighted by Crippen LogP contribution is -2.22. The summed E-state index contributed by atoms with van der Waals surface area (Å²) >= 11 is 0. The molecule has 100 valence electrons. The van der Waals surface area contributed by atoms with Gasteiger partial charge in [-0.1, -0.05) is 0 Å². The van der Waals surface area contributed by atoms with Crippen LogP contribution in [0.25, 0.3) is 0 Å². The van der Waals surface area contributed by atoms with Crippen LogP contribution in [0.2, 0.25) is 0 Å². The van der Waals surface area contributed by atoms with Gasteiger partial charge < -0.3 is 9.30 Å². The van der Waals surface area contributed by atoms with Crippen molar-refractivity contribution in [2.45, 2.75) is 26.4 Å². The zero-order valence-electron chi connectivity index (χ0n) is 11.7. The Morgan fingerprint density at radius 1 is 1.21 bits per heavy atom. The Kier molecular flexibility index (Phi) is 3.42. The molecule has 0 aliphatic carbocycles. The molecule has 0 bridgehead atoms. The van der Waals surface area contributed by atoms with Crippen LogP contribution in [0.4, 0.5) is 0 Å². The Morgan fingerprint density at radius 3 is 2.32 bits per heavy atom. The quantitative estimate of drug-likeness (QED) is 0.795. The number of carbonyl (C=O) groups is 1. The summed E-state index contributed by atoms with van der Waals surface area (Å²) in [5.41, 5.74) is 0.362. The summed E-state index contributed by atoms with van der Waals surface area (Å²) in [6, 6.07) is 7.14. The minimum atomic E-state index is -0.245. The summed E-state index contributed by atoms with van der Waals surface area (Å²) < 4.78 is 7.43. The lowest BCUT2D eigenvalue weighted by molar-refractivity contribution is 0.102. The molecule has 0 amide bonds. The third kappa shape index (κ3) is 3.22. The molecule has 4 nitrogen and oxygen atoms in total. The summed E-state index contributed by atoms with van der Waals surface area (Å²) in [4.78, 5) is 16.3. The standard InChI is InChI=1S/C15H18N2O2/c1-15(2,3)19-12-7-5-11(6-8-12)13(18)14-16-9-10-17(14)4/h5-10H,1-4H3. The van der Waals surface area contributed by atoms with Crippen LogP contribution in [-0.2, 0) is 7.05 Å². The highest BCUT2D eigenvalue weighted by atomic mass is 16.5. The first kappa shape index (κ1) is 13.3. The molecule has 0 aliphatic rings. The third-order valence-electron chi connectivity index (χ3n) is 2.56. The van der Waals surface area contributed by atoms with Crippen molar-refractivity contribution < 1.29 is 9.53 Å². The number of aryl methyl sites for hydroxylation is 1. The van der Waals surface area contributed by atoms with Crippen LogP contribution in [0.5, 0.6) is 5.75 Å². The molecule has 2 aromatic rings. The number of benzene rings is 1. The molecule has 1 heterocycles. The Bertz CT molecular complexity index is 577. The Hall–Kier alpha value is -2.10. The maximum atomic E-state index is 12.2. The van der Waals surface area contributed by atoms with Gasteiger partial charge in [-0.15, -0.1) is 0 Å². The molecular formula is C15H18N2O2. The first-order valence-corrected chi connectivity index (χ1v) is 6.18. The van der Waals surface area contributed by atoms with E-state index in [0.29, 0.717) is 11.4 Å². The second-order valence-corrected chi connectivity index (χ2v) is 5.43. The molecule has 0 N–H and O–H groups in total. The number of aromatic nitrogens is 2. The topological polar surface area (TPSA) is 44.1 Å². The molecule has 0 saturated heterocycles. The van der Waals surface area contributed by atoms with Gasteiger partial charge in [0.1, 0.15) is 11.4 Å². The van der Waals surface area contributed by atoms with E-state index >= 15 is 0 Å². The van der Waals surface area contributed by atoms with E-state index in [2.05, 4.69) is 4.98 Å². The van der Waals surface area contributed by atoms with Crippen LogP contribution in [0.1, 0.15) is 37.0 Å². The van der Waals surface area contributed by atoms with E-state index in [1.54, 1.807) is 48.3 Å². The SMILES string of the molecule is Cn1ccnc1C(=O)c1ccc(OC(C)(C)C)cc1. The van der Waals surface area contributed by atoms with Crippen LogP contribution in [0, 0.1) is 0 Å². The second-order valence-electron chi connectivity index (χ2n) is 5.43. The van der Waals surface area contributed by atoms with E-state index < -0.39 is 0 Å². The third-order valence-corrected chi connectivity index (χ3v) is 2.56. The Balaban J connectivity index is 2.19. The predicted octanol–water partition coefficient (Wildman–Crippen LogP) is 2.83. The first-order chi connectivity index (χ1) is 8.87. The number of hydrogen-bond donors (Lipinski definition) is 0. The summed E-state index contributed by atoms with van der Waals surface area (Å²) in [5, 5.41) is 0. The number of hydrogen-bond acceptors (Lipinski definition) is 3. The zero-order valence-corrected chi connectivity index (χ0v) is 11.7.